The standard InChI is InChI=1S/C22H30O6Si/c1-24-18-10-9-16(13-19(18)28-11-12-29(5,6)23)7-8-17-14-20(25-2)22(27-4)21(15-17)26-3/h7-10,13-15,23H,11-12H2,1-6H3/b8-7-. The molecule has 2 aromatic carbocycles. The normalized spacial score (nSPS) is 11.4. The second-order valence-electron chi connectivity index (χ2n) is 7.11. The number of rotatable bonds is 10. The Morgan fingerprint density at radius 2 is 1.31 bits per heavy atom. The van der Waals surface area contributed by atoms with Crippen LogP contribution < -0.4 is 23.7 Å². The van der Waals surface area contributed by atoms with Gasteiger partial charge in [-0.15, -0.1) is 0 Å². The van der Waals surface area contributed by atoms with Crippen LogP contribution in [0.2, 0.25) is 19.1 Å². The van der Waals surface area contributed by atoms with Gasteiger partial charge in [0, 0.05) is 6.04 Å². The van der Waals surface area contributed by atoms with Gasteiger partial charge >= 0.3 is 0 Å². The summed E-state index contributed by atoms with van der Waals surface area (Å²) in [6.45, 7) is 4.24. The van der Waals surface area contributed by atoms with Crippen molar-refractivity contribution in [1.29, 1.82) is 0 Å². The Kier molecular flexibility index (Phi) is 7.98. The Labute approximate surface area is 173 Å². The Morgan fingerprint density at radius 3 is 1.83 bits per heavy atom. The third-order valence-corrected chi connectivity index (χ3v) is 5.74. The monoisotopic (exact) mass is 418 g/mol. The van der Waals surface area contributed by atoms with Crippen molar-refractivity contribution < 1.29 is 28.5 Å². The highest BCUT2D eigenvalue weighted by molar-refractivity contribution is 6.69. The van der Waals surface area contributed by atoms with Crippen molar-refractivity contribution >= 4 is 20.5 Å². The minimum Gasteiger partial charge on any atom is -0.493 e. The van der Waals surface area contributed by atoms with E-state index in [4.69, 9.17) is 23.7 Å². The first-order valence-electron chi connectivity index (χ1n) is 9.32. The van der Waals surface area contributed by atoms with Crippen molar-refractivity contribution in [3.63, 3.8) is 0 Å². The predicted molar refractivity (Wildman–Crippen MR) is 118 cm³/mol. The summed E-state index contributed by atoms with van der Waals surface area (Å²) in [5, 5.41) is 0. The van der Waals surface area contributed by atoms with Gasteiger partial charge in [0.2, 0.25) is 5.75 Å². The van der Waals surface area contributed by atoms with Gasteiger partial charge in [0.25, 0.3) is 0 Å². The molecular weight excluding hydrogens is 388 g/mol. The summed E-state index contributed by atoms with van der Waals surface area (Å²) in [4.78, 5) is 10.00. The van der Waals surface area contributed by atoms with Crippen molar-refractivity contribution in [2.45, 2.75) is 19.1 Å². The molecule has 0 spiro atoms. The third-order valence-electron chi connectivity index (χ3n) is 4.31. The molecule has 0 bridgehead atoms. The van der Waals surface area contributed by atoms with E-state index in [1.165, 1.54) is 0 Å². The van der Waals surface area contributed by atoms with E-state index in [-0.39, 0.29) is 0 Å². The fourth-order valence-electron chi connectivity index (χ4n) is 2.71. The Bertz CT molecular complexity index is 817. The molecule has 29 heavy (non-hydrogen) atoms. The van der Waals surface area contributed by atoms with Crippen LogP contribution in [0.15, 0.2) is 30.3 Å². The van der Waals surface area contributed by atoms with Crippen molar-refractivity contribution in [3.05, 3.63) is 41.5 Å². The van der Waals surface area contributed by atoms with Crippen LogP contribution in [0.25, 0.3) is 12.2 Å². The van der Waals surface area contributed by atoms with E-state index in [1.54, 1.807) is 28.4 Å². The van der Waals surface area contributed by atoms with Crippen LogP contribution in [-0.4, -0.2) is 48.2 Å². The summed E-state index contributed by atoms with van der Waals surface area (Å²) < 4.78 is 27.4. The molecule has 0 aliphatic carbocycles. The zero-order valence-electron chi connectivity index (χ0n) is 17.9. The van der Waals surface area contributed by atoms with E-state index < -0.39 is 8.32 Å². The summed E-state index contributed by atoms with van der Waals surface area (Å²) in [5.41, 5.74) is 1.86. The molecule has 0 aliphatic heterocycles. The van der Waals surface area contributed by atoms with Crippen LogP contribution in [0.1, 0.15) is 11.1 Å². The number of hydrogen-bond acceptors (Lipinski definition) is 6. The van der Waals surface area contributed by atoms with Crippen molar-refractivity contribution in [2.24, 2.45) is 0 Å². The summed E-state index contributed by atoms with van der Waals surface area (Å²) in [6.07, 6.45) is 3.93. The first-order chi connectivity index (χ1) is 13.8. The molecule has 2 aromatic rings. The average molecular weight is 419 g/mol. The number of ether oxygens (including phenoxy) is 5. The number of benzene rings is 2. The summed E-state index contributed by atoms with van der Waals surface area (Å²) in [7, 11) is 4.22. The average Bonchev–Trinajstić information content (AvgIpc) is 2.70. The molecule has 158 valence electrons. The lowest BCUT2D eigenvalue weighted by Gasteiger charge is -2.16. The summed E-state index contributed by atoms with van der Waals surface area (Å²) in [5.74, 6) is 3.06. The fraction of sp³-hybridized carbons (Fsp3) is 0.364. The van der Waals surface area contributed by atoms with Gasteiger partial charge in [0.1, 0.15) is 0 Å². The molecule has 0 atom stereocenters. The van der Waals surface area contributed by atoms with E-state index >= 15 is 0 Å². The maximum atomic E-state index is 10.00. The molecule has 1 N–H and O–H groups in total. The quantitative estimate of drug-likeness (QED) is 0.454. The first kappa shape index (κ1) is 22.6. The van der Waals surface area contributed by atoms with Crippen LogP contribution in [0.4, 0.5) is 0 Å². The second-order valence-corrected chi connectivity index (χ2v) is 11.2. The minimum atomic E-state index is -2.15. The van der Waals surface area contributed by atoms with Crippen molar-refractivity contribution in [1.82, 2.24) is 0 Å². The van der Waals surface area contributed by atoms with Crippen LogP contribution in [0.5, 0.6) is 28.7 Å². The van der Waals surface area contributed by atoms with E-state index in [9.17, 15) is 4.80 Å². The van der Waals surface area contributed by atoms with Gasteiger partial charge < -0.3 is 28.5 Å². The molecule has 0 heterocycles. The van der Waals surface area contributed by atoms with Gasteiger partial charge in [0.05, 0.1) is 35.0 Å². The van der Waals surface area contributed by atoms with Gasteiger partial charge in [-0.3, -0.25) is 0 Å². The Morgan fingerprint density at radius 1 is 0.759 bits per heavy atom. The summed E-state index contributed by atoms with van der Waals surface area (Å²) in [6, 6.07) is 10.1. The third kappa shape index (κ3) is 6.44. The predicted octanol–water partition coefficient (Wildman–Crippen LogP) is 4.47. The van der Waals surface area contributed by atoms with Gasteiger partial charge in [-0.25, -0.2) is 0 Å². The molecule has 2 rings (SSSR count). The molecule has 6 nitrogen and oxygen atoms in total. The SMILES string of the molecule is COc1ccc(/C=C\c2cc(OC)c(OC)c(OC)c2)cc1OCC[Si](C)(C)O. The Hall–Kier alpha value is -2.64. The molecule has 0 aliphatic rings. The van der Waals surface area contributed by atoms with E-state index in [2.05, 4.69) is 0 Å². The topological polar surface area (TPSA) is 66.4 Å². The second kappa shape index (κ2) is 10.2. The highest BCUT2D eigenvalue weighted by Crippen LogP contribution is 2.38. The van der Waals surface area contributed by atoms with Gasteiger partial charge in [-0.05, 0) is 48.5 Å². The molecule has 0 amide bonds. The van der Waals surface area contributed by atoms with Crippen LogP contribution in [-0.2, 0) is 0 Å². The highest BCUT2D eigenvalue weighted by Gasteiger charge is 2.17. The van der Waals surface area contributed by atoms with Gasteiger partial charge in [-0.1, -0.05) is 18.2 Å². The molecule has 0 radical (unpaired) electrons. The zero-order valence-corrected chi connectivity index (χ0v) is 18.9. The maximum Gasteiger partial charge on any atom is 0.203 e. The van der Waals surface area contributed by atoms with Crippen LogP contribution in [0, 0.1) is 0 Å². The van der Waals surface area contributed by atoms with E-state index in [0.29, 0.717) is 41.4 Å². The van der Waals surface area contributed by atoms with E-state index in [0.717, 1.165) is 11.1 Å². The smallest absolute Gasteiger partial charge is 0.203 e. The molecule has 0 fully saturated rings. The maximum absolute atomic E-state index is 10.00. The highest BCUT2D eigenvalue weighted by atomic mass is 28.4. The van der Waals surface area contributed by atoms with Gasteiger partial charge in [0.15, 0.2) is 31.3 Å². The molecule has 0 saturated carbocycles. The zero-order chi connectivity index (χ0) is 21.4. The molecule has 0 unspecified atom stereocenters. The van der Waals surface area contributed by atoms with Crippen molar-refractivity contribution in [2.75, 3.05) is 35.0 Å². The molecule has 0 saturated heterocycles. The van der Waals surface area contributed by atoms with Crippen molar-refractivity contribution in [3.8, 4) is 28.7 Å². The van der Waals surface area contributed by atoms with Crippen LogP contribution >= 0.6 is 0 Å². The lowest BCUT2D eigenvalue weighted by atomic mass is 10.1. The lowest BCUT2D eigenvalue weighted by Crippen LogP contribution is -2.27. The molecule has 0 aromatic heterocycles. The molecule has 7 heteroatoms. The lowest BCUT2D eigenvalue weighted by molar-refractivity contribution is 0.305. The van der Waals surface area contributed by atoms with Crippen LogP contribution in [0.3, 0.4) is 0 Å². The van der Waals surface area contributed by atoms with E-state index in [1.807, 2.05) is 55.6 Å². The fourth-order valence-corrected chi connectivity index (χ4v) is 3.31. The number of methoxy groups -OCH3 is 4. The first-order valence-corrected chi connectivity index (χ1v) is 12.5. The largest absolute Gasteiger partial charge is 0.493 e. The Balaban J connectivity index is 2.25. The summed E-state index contributed by atoms with van der Waals surface area (Å²) >= 11 is 0. The minimum absolute atomic E-state index is 0.451. The number of hydrogen-bond donors (Lipinski definition) is 1. The molecular formula is C22H30O6Si. The van der Waals surface area contributed by atoms with Gasteiger partial charge in [-0.2, -0.15) is 0 Å².